The molecule has 0 spiro atoms. The molecule has 1 aromatic heterocycles. The lowest BCUT2D eigenvalue weighted by Crippen LogP contribution is -2.46. The monoisotopic (exact) mass is 393 g/mol. The number of nitrogens with zero attached hydrogens (tertiary/aromatic N) is 2. The Balaban J connectivity index is 2.41. The third kappa shape index (κ3) is 3.91. The molecule has 0 atom stereocenters. The lowest BCUT2D eigenvalue weighted by Gasteiger charge is -2.36. The summed E-state index contributed by atoms with van der Waals surface area (Å²) in [5.74, 6) is 1.22. The van der Waals surface area contributed by atoms with Crippen LogP contribution in [-0.2, 0) is 10.0 Å². The van der Waals surface area contributed by atoms with Crippen molar-refractivity contribution < 1.29 is 8.42 Å². The maximum atomic E-state index is 12.9. The van der Waals surface area contributed by atoms with Gasteiger partial charge >= 0.3 is 0 Å². The average molecular weight is 394 g/mol. The van der Waals surface area contributed by atoms with Crippen molar-refractivity contribution in [3.63, 3.8) is 0 Å². The number of thioether (sulfide) groups is 1. The van der Waals surface area contributed by atoms with Crippen molar-refractivity contribution in [2.75, 3.05) is 30.7 Å². The number of hydrogen-bond donors (Lipinski definition) is 1. The molecule has 0 radical (unpaired) electrons. The van der Waals surface area contributed by atoms with Gasteiger partial charge in [-0.25, -0.2) is 13.4 Å². The summed E-state index contributed by atoms with van der Waals surface area (Å²) in [5, 5.41) is 3.03. The van der Waals surface area contributed by atoms with Gasteiger partial charge < -0.3 is 5.32 Å². The summed E-state index contributed by atoms with van der Waals surface area (Å²) < 4.78 is 28.0. The lowest BCUT2D eigenvalue weighted by molar-refractivity contribution is 0.387. The Morgan fingerprint density at radius 1 is 1.52 bits per heavy atom. The van der Waals surface area contributed by atoms with Gasteiger partial charge in [-0.05, 0) is 42.8 Å². The number of anilines is 1. The van der Waals surface area contributed by atoms with Gasteiger partial charge in [0, 0.05) is 40.8 Å². The van der Waals surface area contributed by atoms with Crippen LogP contribution in [0.15, 0.2) is 21.6 Å². The summed E-state index contributed by atoms with van der Waals surface area (Å²) in [4.78, 5) is 4.43. The number of aromatic nitrogens is 1. The number of sulfonamides is 1. The summed E-state index contributed by atoms with van der Waals surface area (Å²) in [6.07, 6.45) is 1.60. The van der Waals surface area contributed by atoms with E-state index in [0.717, 1.165) is 5.75 Å². The fraction of sp³-hybridized carbons (Fsp3) is 0.615. The molecule has 2 heterocycles. The highest BCUT2D eigenvalue weighted by molar-refractivity contribution is 9.10. The van der Waals surface area contributed by atoms with Gasteiger partial charge in [-0.1, -0.05) is 0 Å². The van der Waals surface area contributed by atoms with E-state index in [2.05, 4.69) is 40.1 Å². The maximum Gasteiger partial charge on any atom is 0.246 e. The predicted octanol–water partition coefficient (Wildman–Crippen LogP) is 2.79. The predicted molar refractivity (Wildman–Crippen MR) is 91.4 cm³/mol. The molecule has 1 saturated heterocycles. The molecule has 0 unspecified atom stereocenters. The zero-order valence-corrected chi connectivity index (χ0v) is 15.6. The smallest absolute Gasteiger partial charge is 0.246 e. The molecule has 0 aromatic carbocycles. The standard InChI is InChI=1S/C13H20BrN3O2S2/c1-4-15-12-11(7-10(14)8-16-12)21(18,19)17-5-6-20-13(2,3)9-17/h7-8H,4-6,9H2,1-3H3,(H,15,16). The van der Waals surface area contributed by atoms with E-state index in [1.165, 1.54) is 0 Å². The highest BCUT2D eigenvalue weighted by atomic mass is 79.9. The Morgan fingerprint density at radius 3 is 2.86 bits per heavy atom. The van der Waals surface area contributed by atoms with Crippen LogP contribution in [0.1, 0.15) is 20.8 Å². The van der Waals surface area contributed by atoms with Gasteiger partial charge in [-0.15, -0.1) is 0 Å². The third-order valence-electron chi connectivity index (χ3n) is 3.17. The molecule has 1 aromatic rings. The molecule has 8 heteroatoms. The van der Waals surface area contributed by atoms with Crippen molar-refractivity contribution in [2.24, 2.45) is 0 Å². The number of nitrogens with one attached hydrogen (secondary N) is 1. The number of pyridine rings is 1. The van der Waals surface area contributed by atoms with E-state index >= 15 is 0 Å². The molecule has 0 amide bonds. The van der Waals surface area contributed by atoms with Crippen molar-refractivity contribution in [1.29, 1.82) is 0 Å². The average Bonchev–Trinajstić information content (AvgIpc) is 2.40. The van der Waals surface area contributed by atoms with Gasteiger partial charge in [0.1, 0.15) is 10.7 Å². The second-order valence-electron chi connectivity index (χ2n) is 5.48. The molecule has 1 aliphatic heterocycles. The quantitative estimate of drug-likeness (QED) is 0.851. The minimum absolute atomic E-state index is 0.0664. The number of rotatable bonds is 4. The first-order valence-electron chi connectivity index (χ1n) is 6.80. The second-order valence-corrected chi connectivity index (χ2v) is 10.1. The molecule has 1 fully saturated rings. The fourth-order valence-electron chi connectivity index (χ4n) is 2.23. The first kappa shape index (κ1) is 17.1. The van der Waals surface area contributed by atoms with Crippen LogP contribution in [0.4, 0.5) is 5.82 Å². The molecule has 0 bridgehead atoms. The van der Waals surface area contributed by atoms with E-state index in [-0.39, 0.29) is 9.64 Å². The van der Waals surface area contributed by atoms with Gasteiger partial charge in [0.15, 0.2) is 0 Å². The second kappa shape index (κ2) is 6.44. The molecule has 5 nitrogen and oxygen atoms in total. The van der Waals surface area contributed by atoms with Crippen LogP contribution >= 0.6 is 27.7 Å². The van der Waals surface area contributed by atoms with Crippen LogP contribution < -0.4 is 5.32 Å². The van der Waals surface area contributed by atoms with E-state index in [9.17, 15) is 8.42 Å². The normalized spacial score (nSPS) is 19.4. The topological polar surface area (TPSA) is 62.3 Å². The Bertz CT molecular complexity index is 620. The molecule has 1 aliphatic rings. The molecular weight excluding hydrogens is 374 g/mol. The van der Waals surface area contributed by atoms with Crippen LogP contribution in [0.5, 0.6) is 0 Å². The molecule has 2 rings (SSSR count). The number of halogens is 1. The van der Waals surface area contributed by atoms with Crippen LogP contribution in [0.25, 0.3) is 0 Å². The SMILES string of the molecule is CCNc1ncc(Br)cc1S(=O)(=O)N1CCSC(C)(C)C1. The largest absolute Gasteiger partial charge is 0.369 e. The first-order chi connectivity index (χ1) is 9.76. The first-order valence-corrected chi connectivity index (χ1v) is 10.0. The Morgan fingerprint density at radius 2 is 2.24 bits per heavy atom. The number of hydrogen-bond acceptors (Lipinski definition) is 5. The minimum Gasteiger partial charge on any atom is -0.369 e. The van der Waals surface area contributed by atoms with E-state index in [1.54, 1.807) is 28.3 Å². The van der Waals surface area contributed by atoms with E-state index in [1.807, 2.05) is 6.92 Å². The summed E-state index contributed by atoms with van der Waals surface area (Å²) in [5.41, 5.74) is 0. The highest BCUT2D eigenvalue weighted by Gasteiger charge is 2.36. The highest BCUT2D eigenvalue weighted by Crippen LogP contribution is 2.34. The fourth-order valence-corrected chi connectivity index (χ4v) is 5.77. The minimum atomic E-state index is -3.54. The van der Waals surface area contributed by atoms with Crippen LogP contribution in [0.3, 0.4) is 0 Å². The summed E-state index contributed by atoms with van der Waals surface area (Å²) >= 11 is 5.12. The van der Waals surface area contributed by atoms with Crippen LogP contribution in [-0.4, -0.2) is 47.8 Å². The van der Waals surface area contributed by atoms with Crippen molar-refractivity contribution >= 4 is 43.5 Å². The molecule has 21 heavy (non-hydrogen) atoms. The van der Waals surface area contributed by atoms with Gasteiger partial charge in [-0.2, -0.15) is 16.1 Å². The van der Waals surface area contributed by atoms with E-state index < -0.39 is 10.0 Å². The lowest BCUT2D eigenvalue weighted by atomic mass is 10.2. The van der Waals surface area contributed by atoms with Crippen molar-refractivity contribution in [1.82, 2.24) is 9.29 Å². The van der Waals surface area contributed by atoms with Gasteiger partial charge in [0.2, 0.25) is 10.0 Å². The molecule has 0 saturated carbocycles. The molecule has 0 aliphatic carbocycles. The van der Waals surface area contributed by atoms with Gasteiger partial charge in [0.25, 0.3) is 0 Å². The maximum absolute atomic E-state index is 12.9. The molecule has 118 valence electrons. The van der Waals surface area contributed by atoms with Crippen molar-refractivity contribution in [3.05, 3.63) is 16.7 Å². The summed E-state index contributed by atoms with van der Waals surface area (Å²) in [6.45, 7) is 7.74. The molecule has 1 N–H and O–H groups in total. The van der Waals surface area contributed by atoms with Crippen molar-refractivity contribution in [2.45, 2.75) is 30.4 Å². The van der Waals surface area contributed by atoms with Crippen molar-refractivity contribution in [3.8, 4) is 0 Å². The zero-order chi connectivity index (χ0) is 15.7. The van der Waals surface area contributed by atoms with E-state index in [0.29, 0.717) is 29.9 Å². The Labute approximate surface area is 139 Å². The summed E-state index contributed by atoms with van der Waals surface area (Å²) in [7, 11) is -3.54. The van der Waals surface area contributed by atoms with Crippen LogP contribution in [0, 0.1) is 0 Å². The Hall–Kier alpha value is -0.310. The van der Waals surface area contributed by atoms with Crippen LogP contribution in [0.2, 0.25) is 0 Å². The molecular formula is C13H20BrN3O2S2. The van der Waals surface area contributed by atoms with Gasteiger partial charge in [-0.3, -0.25) is 0 Å². The zero-order valence-electron chi connectivity index (χ0n) is 12.4. The van der Waals surface area contributed by atoms with Gasteiger partial charge in [0.05, 0.1) is 0 Å². The van der Waals surface area contributed by atoms with E-state index in [4.69, 9.17) is 0 Å². The third-order valence-corrected chi connectivity index (χ3v) is 6.76. The Kier molecular flexibility index (Phi) is 5.23. The summed E-state index contributed by atoms with van der Waals surface area (Å²) in [6, 6.07) is 1.62.